The van der Waals surface area contributed by atoms with Crippen molar-refractivity contribution in [2.75, 3.05) is 36.6 Å². The number of anilines is 3. The average Bonchev–Trinajstić information content (AvgIpc) is 3.38. The summed E-state index contributed by atoms with van der Waals surface area (Å²) < 4.78 is 45.3. The van der Waals surface area contributed by atoms with Gasteiger partial charge in [0.1, 0.15) is 5.75 Å². The number of urea groups is 1. The number of hydrogen-bond acceptors (Lipinski definition) is 8. The third-order valence-electron chi connectivity index (χ3n) is 5.44. The van der Waals surface area contributed by atoms with Gasteiger partial charge in [0.15, 0.2) is 5.13 Å². The number of aromatic nitrogens is 3. The maximum atomic E-state index is 13.2. The molecule has 0 radical (unpaired) electrons. The molecule has 4 rings (SSSR count). The summed E-state index contributed by atoms with van der Waals surface area (Å²) in [7, 11) is 3.56. The summed E-state index contributed by atoms with van der Waals surface area (Å²) in [6.07, 6.45) is 0.977. The smallest absolute Gasteiger partial charge is 0.416 e. The first-order valence-corrected chi connectivity index (χ1v) is 13.1. The van der Waals surface area contributed by atoms with Crippen LogP contribution < -0.4 is 20.7 Å². The number of thiazole rings is 1. The topological polar surface area (TPSA) is 104 Å². The number of nitrogens with one attached hydrogen (secondary N) is 3. The van der Waals surface area contributed by atoms with E-state index in [1.165, 1.54) is 18.5 Å². The Balaban J connectivity index is 1.36. The molecule has 9 nitrogen and oxygen atoms in total. The van der Waals surface area contributed by atoms with Gasteiger partial charge < -0.3 is 25.6 Å². The molecule has 2 aromatic carbocycles. The van der Waals surface area contributed by atoms with Crippen LogP contribution in [0.15, 0.2) is 61.1 Å². The number of benzene rings is 2. The lowest BCUT2D eigenvalue weighted by atomic mass is 10.1. The summed E-state index contributed by atoms with van der Waals surface area (Å²) in [5, 5.41) is 9.15. The molecule has 2 amide bonds. The van der Waals surface area contributed by atoms with E-state index in [2.05, 4.69) is 37.8 Å². The van der Waals surface area contributed by atoms with Crippen molar-refractivity contribution in [2.24, 2.45) is 0 Å². The van der Waals surface area contributed by atoms with E-state index in [4.69, 9.17) is 4.74 Å². The molecule has 0 saturated carbocycles. The molecule has 0 aliphatic carbocycles. The van der Waals surface area contributed by atoms with Crippen LogP contribution in [0.2, 0.25) is 0 Å². The molecule has 0 atom stereocenters. The highest BCUT2D eigenvalue weighted by molar-refractivity contribution is 7.18. The van der Waals surface area contributed by atoms with Crippen molar-refractivity contribution in [2.45, 2.75) is 26.1 Å². The summed E-state index contributed by atoms with van der Waals surface area (Å²) in [6, 6.07) is 9.97. The van der Waals surface area contributed by atoms with Gasteiger partial charge in [0, 0.05) is 25.0 Å². The lowest BCUT2D eigenvalue weighted by Gasteiger charge is -2.17. The standard InChI is InChI=1S/C27H28F3N7O2S/c1-4-11-31-26-34-15-23(40-26)17-6-9-21(10-7-17)39-25-32-13-20(14-33-25)35-24(38)36-22-12-19(27(28,29)30)8-5-18(22)16-37(2)3/h5-10,12-15H,4,11,16H2,1-3H3,(H,31,34)(H2,35,36,38). The van der Waals surface area contributed by atoms with Crippen LogP contribution in [0.4, 0.5) is 34.5 Å². The highest BCUT2D eigenvalue weighted by Crippen LogP contribution is 2.33. The number of carbonyl (C=O) groups excluding carboxylic acids is 1. The van der Waals surface area contributed by atoms with Crippen LogP contribution in [0, 0.1) is 0 Å². The summed E-state index contributed by atoms with van der Waals surface area (Å²) in [6.45, 7) is 3.30. The number of nitrogens with zero attached hydrogens (tertiary/aromatic N) is 4. The molecule has 2 heterocycles. The maximum Gasteiger partial charge on any atom is 0.416 e. The third kappa shape index (κ3) is 7.90. The van der Waals surface area contributed by atoms with E-state index >= 15 is 0 Å². The second kappa shape index (κ2) is 12.7. The number of hydrogen-bond donors (Lipinski definition) is 3. The number of halogens is 3. The molecule has 0 unspecified atom stereocenters. The van der Waals surface area contributed by atoms with Gasteiger partial charge in [-0.25, -0.2) is 19.7 Å². The lowest BCUT2D eigenvalue weighted by Crippen LogP contribution is -2.22. The zero-order chi connectivity index (χ0) is 28.7. The minimum atomic E-state index is -4.54. The Bertz CT molecular complexity index is 1430. The van der Waals surface area contributed by atoms with Crippen molar-refractivity contribution in [3.8, 4) is 22.2 Å². The predicted molar refractivity (Wildman–Crippen MR) is 150 cm³/mol. The van der Waals surface area contributed by atoms with Crippen molar-refractivity contribution in [1.82, 2.24) is 19.9 Å². The largest absolute Gasteiger partial charge is 0.424 e. The van der Waals surface area contributed by atoms with E-state index < -0.39 is 17.8 Å². The van der Waals surface area contributed by atoms with E-state index in [1.807, 2.05) is 18.3 Å². The van der Waals surface area contributed by atoms with Crippen LogP contribution in [-0.2, 0) is 12.7 Å². The second-order valence-corrected chi connectivity index (χ2v) is 10.1. The molecule has 0 aliphatic rings. The van der Waals surface area contributed by atoms with Gasteiger partial charge in [-0.3, -0.25) is 0 Å². The summed E-state index contributed by atoms with van der Waals surface area (Å²) in [5.74, 6) is 0.522. The van der Waals surface area contributed by atoms with Gasteiger partial charge in [-0.15, -0.1) is 0 Å². The fraction of sp³-hybridized carbons (Fsp3) is 0.259. The lowest BCUT2D eigenvalue weighted by molar-refractivity contribution is -0.137. The molecule has 0 bridgehead atoms. The van der Waals surface area contributed by atoms with Crippen LogP contribution >= 0.6 is 11.3 Å². The van der Waals surface area contributed by atoms with Crippen LogP contribution in [-0.4, -0.2) is 46.5 Å². The Morgan fingerprint density at radius 1 is 1.00 bits per heavy atom. The number of alkyl halides is 3. The van der Waals surface area contributed by atoms with Gasteiger partial charge in [-0.05, 0) is 68.0 Å². The zero-order valence-corrected chi connectivity index (χ0v) is 22.9. The molecule has 0 spiro atoms. The first kappa shape index (κ1) is 28.8. The number of rotatable bonds is 10. The van der Waals surface area contributed by atoms with Crippen LogP contribution in [0.1, 0.15) is 24.5 Å². The predicted octanol–water partition coefficient (Wildman–Crippen LogP) is 6.94. The highest BCUT2D eigenvalue weighted by Gasteiger charge is 2.31. The van der Waals surface area contributed by atoms with Crippen molar-refractivity contribution in [1.29, 1.82) is 0 Å². The van der Waals surface area contributed by atoms with Crippen molar-refractivity contribution in [3.63, 3.8) is 0 Å². The van der Waals surface area contributed by atoms with Gasteiger partial charge in [0.2, 0.25) is 0 Å². The maximum absolute atomic E-state index is 13.2. The molecule has 4 aromatic rings. The van der Waals surface area contributed by atoms with Gasteiger partial charge in [0.25, 0.3) is 0 Å². The fourth-order valence-corrected chi connectivity index (χ4v) is 4.43. The Labute approximate surface area is 233 Å². The van der Waals surface area contributed by atoms with E-state index in [1.54, 1.807) is 42.5 Å². The van der Waals surface area contributed by atoms with E-state index in [9.17, 15) is 18.0 Å². The van der Waals surface area contributed by atoms with E-state index in [0.29, 0.717) is 17.9 Å². The molecular formula is C27H28F3N7O2S. The molecule has 3 N–H and O–H groups in total. The van der Waals surface area contributed by atoms with Gasteiger partial charge in [-0.1, -0.05) is 24.3 Å². The number of carbonyl (C=O) groups is 1. The molecule has 0 saturated heterocycles. The minimum absolute atomic E-state index is 0.0529. The average molecular weight is 572 g/mol. The summed E-state index contributed by atoms with van der Waals surface area (Å²) >= 11 is 1.57. The Hall–Kier alpha value is -4.23. The van der Waals surface area contributed by atoms with Gasteiger partial charge >= 0.3 is 18.2 Å². The second-order valence-electron chi connectivity index (χ2n) is 9.02. The molecule has 40 heavy (non-hydrogen) atoms. The van der Waals surface area contributed by atoms with E-state index in [-0.39, 0.29) is 17.4 Å². The summed E-state index contributed by atoms with van der Waals surface area (Å²) in [4.78, 5) is 27.9. The molecule has 0 fully saturated rings. The van der Waals surface area contributed by atoms with Crippen molar-refractivity contribution < 1.29 is 22.7 Å². The minimum Gasteiger partial charge on any atom is -0.424 e. The normalized spacial score (nSPS) is 11.4. The molecule has 2 aromatic heterocycles. The van der Waals surface area contributed by atoms with Gasteiger partial charge in [0.05, 0.1) is 28.5 Å². The third-order valence-corrected chi connectivity index (χ3v) is 6.44. The Morgan fingerprint density at radius 3 is 2.38 bits per heavy atom. The first-order valence-electron chi connectivity index (χ1n) is 12.3. The van der Waals surface area contributed by atoms with Crippen LogP contribution in [0.3, 0.4) is 0 Å². The van der Waals surface area contributed by atoms with E-state index in [0.717, 1.165) is 40.7 Å². The number of amides is 2. The number of ether oxygens (including phenoxy) is 1. The fourth-order valence-electron chi connectivity index (χ4n) is 3.58. The van der Waals surface area contributed by atoms with Gasteiger partial charge in [-0.2, -0.15) is 13.2 Å². The van der Waals surface area contributed by atoms with Crippen LogP contribution in [0.5, 0.6) is 11.8 Å². The SMILES string of the molecule is CCCNc1ncc(-c2ccc(Oc3ncc(NC(=O)Nc4cc(C(F)(F)F)ccc4CN(C)C)cn3)cc2)s1. The first-order chi connectivity index (χ1) is 19.1. The monoisotopic (exact) mass is 571 g/mol. The van der Waals surface area contributed by atoms with Crippen molar-refractivity contribution in [3.05, 3.63) is 72.2 Å². The van der Waals surface area contributed by atoms with Crippen molar-refractivity contribution >= 4 is 33.9 Å². The molecular weight excluding hydrogens is 543 g/mol. The zero-order valence-electron chi connectivity index (χ0n) is 22.0. The molecule has 13 heteroatoms. The molecule has 0 aliphatic heterocycles. The Kier molecular flexibility index (Phi) is 9.17. The Morgan fingerprint density at radius 2 is 1.73 bits per heavy atom. The quantitative estimate of drug-likeness (QED) is 0.189. The van der Waals surface area contributed by atoms with Crippen LogP contribution in [0.25, 0.3) is 10.4 Å². The highest BCUT2D eigenvalue weighted by atomic mass is 32.1. The molecule has 210 valence electrons. The summed E-state index contributed by atoms with van der Waals surface area (Å²) in [5.41, 5.74) is 0.957.